The molecule has 1 saturated heterocycles. The van der Waals surface area contributed by atoms with Gasteiger partial charge in [-0.1, -0.05) is 15.9 Å². The highest BCUT2D eigenvalue weighted by molar-refractivity contribution is 9.10. The van der Waals surface area contributed by atoms with E-state index in [2.05, 4.69) is 26.6 Å². The number of carbonyl (C=O) groups is 2. The Balaban J connectivity index is 1.53. The van der Waals surface area contributed by atoms with Crippen molar-refractivity contribution in [1.29, 1.82) is 0 Å². The second-order valence-electron chi connectivity index (χ2n) is 7.77. The summed E-state index contributed by atoms with van der Waals surface area (Å²) in [6.07, 6.45) is 0.991. The Labute approximate surface area is 193 Å². The van der Waals surface area contributed by atoms with Crippen LogP contribution in [0.5, 0.6) is 5.75 Å². The number of benzene rings is 2. The maximum absolute atomic E-state index is 14.1. The lowest BCUT2D eigenvalue weighted by Crippen LogP contribution is -2.44. The van der Waals surface area contributed by atoms with Gasteiger partial charge in [0.05, 0.1) is 22.2 Å². The van der Waals surface area contributed by atoms with E-state index in [0.29, 0.717) is 28.6 Å². The quantitative estimate of drug-likeness (QED) is 0.637. The van der Waals surface area contributed by atoms with Crippen LogP contribution < -0.4 is 15.4 Å². The molecule has 0 radical (unpaired) electrons. The number of anilines is 2. The molecule has 2 aliphatic rings. The van der Waals surface area contributed by atoms with E-state index in [0.717, 1.165) is 0 Å². The van der Waals surface area contributed by atoms with Gasteiger partial charge >= 0.3 is 0 Å². The number of hydrogen-bond donors (Lipinski definition) is 2. The summed E-state index contributed by atoms with van der Waals surface area (Å²) in [5.74, 6) is -1.65. The van der Waals surface area contributed by atoms with E-state index in [4.69, 9.17) is 4.74 Å². The number of rotatable bonds is 4. The number of piperidine rings is 1. The van der Waals surface area contributed by atoms with Crippen molar-refractivity contribution in [3.8, 4) is 5.75 Å². The fourth-order valence-corrected chi connectivity index (χ4v) is 5.91. The Morgan fingerprint density at radius 2 is 2.09 bits per heavy atom. The third-order valence-corrected chi connectivity index (χ3v) is 7.97. The highest BCUT2D eigenvalue weighted by atomic mass is 79.9. The van der Waals surface area contributed by atoms with Crippen LogP contribution in [-0.4, -0.2) is 44.2 Å². The van der Waals surface area contributed by atoms with Crippen molar-refractivity contribution < 1.29 is 27.1 Å². The Kier molecular flexibility index (Phi) is 6.24. The van der Waals surface area contributed by atoms with Gasteiger partial charge in [0.25, 0.3) is 5.91 Å². The summed E-state index contributed by atoms with van der Waals surface area (Å²) in [5, 5.41) is 5.21. The average molecular weight is 526 g/mol. The zero-order valence-corrected chi connectivity index (χ0v) is 19.6. The zero-order chi connectivity index (χ0) is 23.0. The summed E-state index contributed by atoms with van der Waals surface area (Å²) in [7, 11) is -3.91. The molecule has 8 nitrogen and oxygen atoms in total. The first-order valence-corrected chi connectivity index (χ1v) is 12.2. The van der Waals surface area contributed by atoms with E-state index in [1.807, 2.05) is 0 Å². The van der Waals surface area contributed by atoms with Crippen LogP contribution in [0.25, 0.3) is 0 Å². The lowest BCUT2D eigenvalue weighted by Gasteiger charge is -2.32. The van der Waals surface area contributed by atoms with Crippen molar-refractivity contribution in [3.05, 3.63) is 46.2 Å². The van der Waals surface area contributed by atoms with E-state index in [1.54, 1.807) is 19.1 Å². The molecule has 0 unspecified atom stereocenters. The van der Waals surface area contributed by atoms with Crippen molar-refractivity contribution in [1.82, 2.24) is 4.31 Å². The molecule has 4 rings (SSSR count). The van der Waals surface area contributed by atoms with Crippen molar-refractivity contribution in [2.45, 2.75) is 24.7 Å². The summed E-state index contributed by atoms with van der Waals surface area (Å²) in [5.41, 5.74) is 0.922. The maximum atomic E-state index is 14.1. The molecule has 11 heteroatoms. The summed E-state index contributed by atoms with van der Waals surface area (Å²) in [6, 6.07) is 7.27. The molecule has 2 heterocycles. The van der Waals surface area contributed by atoms with Crippen LogP contribution in [0, 0.1) is 18.7 Å². The molecule has 0 aliphatic carbocycles. The Morgan fingerprint density at radius 3 is 2.84 bits per heavy atom. The van der Waals surface area contributed by atoms with Gasteiger partial charge in [-0.05, 0) is 49.6 Å². The predicted molar refractivity (Wildman–Crippen MR) is 120 cm³/mol. The minimum Gasteiger partial charge on any atom is -0.482 e. The van der Waals surface area contributed by atoms with E-state index in [-0.39, 0.29) is 41.9 Å². The number of nitrogens with one attached hydrogen (secondary N) is 2. The molecule has 1 atom stereocenters. The Morgan fingerprint density at radius 1 is 1.31 bits per heavy atom. The monoisotopic (exact) mass is 525 g/mol. The molecule has 0 aromatic heterocycles. The van der Waals surface area contributed by atoms with Gasteiger partial charge in [-0.15, -0.1) is 0 Å². The normalized spacial score (nSPS) is 19.0. The minimum absolute atomic E-state index is 0.0135. The number of amides is 2. The average Bonchev–Trinajstić information content (AvgIpc) is 2.75. The Hall–Kier alpha value is -2.50. The van der Waals surface area contributed by atoms with Crippen LogP contribution in [0.2, 0.25) is 0 Å². The molecule has 2 N–H and O–H groups in total. The second kappa shape index (κ2) is 8.80. The number of halogens is 2. The zero-order valence-electron chi connectivity index (χ0n) is 17.2. The van der Waals surface area contributed by atoms with Gasteiger partial charge in [0, 0.05) is 23.6 Å². The number of hydrogen-bond acceptors (Lipinski definition) is 5. The van der Waals surface area contributed by atoms with Crippen LogP contribution in [0.1, 0.15) is 18.4 Å². The van der Waals surface area contributed by atoms with Crippen molar-refractivity contribution in [3.63, 3.8) is 0 Å². The summed E-state index contributed by atoms with van der Waals surface area (Å²) in [4.78, 5) is 24.3. The van der Waals surface area contributed by atoms with Crippen LogP contribution in [0.3, 0.4) is 0 Å². The van der Waals surface area contributed by atoms with Gasteiger partial charge in [0.2, 0.25) is 15.9 Å². The van der Waals surface area contributed by atoms with Gasteiger partial charge in [-0.3, -0.25) is 9.59 Å². The van der Waals surface area contributed by atoms with Gasteiger partial charge < -0.3 is 15.4 Å². The van der Waals surface area contributed by atoms with E-state index in [1.165, 1.54) is 22.5 Å². The molecule has 170 valence electrons. The lowest BCUT2D eigenvalue weighted by molar-refractivity contribution is -0.121. The first-order valence-electron chi connectivity index (χ1n) is 9.98. The number of carbonyl (C=O) groups excluding carboxylic acids is 2. The first kappa shape index (κ1) is 22.7. The molecule has 0 saturated carbocycles. The molecular weight excluding hydrogens is 505 g/mol. The number of sulfonamides is 1. The molecule has 0 spiro atoms. The molecule has 2 aromatic rings. The first-order chi connectivity index (χ1) is 15.1. The van der Waals surface area contributed by atoms with E-state index in [9.17, 15) is 22.4 Å². The van der Waals surface area contributed by atoms with E-state index < -0.39 is 27.7 Å². The van der Waals surface area contributed by atoms with Gasteiger partial charge in [0.1, 0.15) is 11.6 Å². The molecule has 2 aromatic carbocycles. The number of fused-ring (bicyclic) bond motifs is 1. The summed E-state index contributed by atoms with van der Waals surface area (Å²) < 4.78 is 48.0. The SMILES string of the molecule is Cc1cc2c(cc1S(=O)(=O)N1CCC[C@H](C(=O)Nc3ccc(Br)cc3F)C1)OCC(=O)N2. The van der Waals surface area contributed by atoms with Crippen LogP contribution in [0.4, 0.5) is 15.8 Å². The van der Waals surface area contributed by atoms with Crippen molar-refractivity contribution in [2.75, 3.05) is 30.3 Å². The fourth-order valence-electron chi connectivity index (χ4n) is 3.83. The largest absolute Gasteiger partial charge is 0.482 e. The molecule has 2 amide bonds. The maximum Gasteiger partial charge on any atom is 0.262 e. The minimum atomic E-state index is -3.91. The van der Waals surface area contributed by atoms with Crippen molar-refractivity contribution >= 4 is 49.1 Å². The molecular formula is C21H21BrFN3O5S. The van der Waals surface area contributed by atoms with Crippen LogP contribution >= 0.6 is 15.9 Å². The third kappa shape index (κ3) is 4.50. The molecule has 0 bridgehead atoms. The summed E-state index contributed by atoms with van der Waals surface area (Å²) in [6.45, 7) is 1.71. The molecule has 32 heavy (non-hydrogen) atoms. The summed E-state index contributed by atoms with van der Waals surface area (Å²) >= 11 is 3.17. The highest BCUT2D eigenvalue weighted by Crippen LogP contribution is 2.35. The standard InChI is InChI=1S/C21H21BrFN3O5S/c1-12-7-17-18(31-11-20(27)24-17)9-19(12)32(29,30)26-6-2-3-13(10-26)21(28)25-16-5-4-14(22)8-15(16)23/h4-5,7-9,13H,2-3,6,10-11H2,1H3,(H,24,27)(H,25,28)/t13-/m0/s1. The van der Waals surface area contributed by atoms with Gasteiger partial charge in [-0.25, -0.2) is 12.8 Å². The van der Waals surface area contributed by atoms with Gasteiger partial charge in [-0.2, -0.15) is 4.31 Å². The van der Waals surface area contributed by atoms with Crippen molar-refractivity contribution in [2.24, 2.45) is 5.92 Å². The fraction of sp³-hybridized carbons (Fsp3) is 0.333. The number of nitrogens with zero attached hydrogens (tertiary/aromatic N) is 1. The molecule has 1 fully saturated rings. The number of aryl methyl sites for hydroxylation is 1. The van der Waals surface area contributed by atoms with Crippen LogP contribution in [0.15, 0.2) is 39.7 Å². The second-order valence-corrected chi connectivity index (χ2v) is 10.6. The predicted octanol–water partition coefficient (Wildman–Crippen LogP) is 3.27. The van der Waals surface area contributed by atoms with Crippen LogP contribution in [-0.2, 0) is 19.6 Å². The van der Waals surface area contributed by atoms with E-state index >= 15 is 0 Å². The third-order valence-electron chi connectivity index (χ3n) is 5.47. The van der Waals surface area contributed by atoms with Gasteiger partial charge in [0.15, 0.2) is 6.61 Å². The number of ether oxygens (including phenoxy) is 1. The Bertz CT molecular complexity index is 1200. The smallest absolute Gasteiger partial charge is 0.262 e. The topological polar surface area (TPSA) is 105 Å². The highest BCUT2D eigenvalue weighted by Gasteiger charge is 2.35. The molecule has 2 aliphatic heterocycles. The lowest BCUT2D eigenvalue weighted by atomic mass is 9.98.